The van der Waals surface area contributed by atoms with E-state index in [-0.39, 0.29) is 11.4 Å². The van der Waals surface area contributed by atoms with E-state index >= 15 is 0 Å². The van der Waals surface area contributed by atoms with Gasteiger partial charge in [-0.25, -0.2) is 0 Å². The molecule has 24 heteroatoms. The zero-order chi connectivity index (χ0) is 31.1. The van der Waals surface area contributed by atoms with Crippen LogP contribution in [-0.4, -0.2) is 201 Å². The number of benzene rings is 1. The van der Waals surface area contributed by atoms with Crippen LogP contribution in [0.15, 0.2) is 24.3 Å². The number of ether oxygens (including phenoxy) is 2. The molecule has 1 fully saturated rings. The number of anilines is 1. The maximum absolute atomic E-state index is 6.36. The quantitative estimate of drug-likeness (QED) is 0.270. The second-order valence-electron chi connectivity index (χ2n) is 9.70. The number of halogens is 1. The van der Waals surface area contributed by atoms with E-state index < -0.39 is 47.5 Å². The maximum atomic E-state index is 6.36. The molecule has 0 N–H and O–H groups in total. The summed E-state index contributed by atoms with van der Waals surface area (Å²) in [6.45, 7) is 0. The first kappa shape index (κ1) is 35.5. The fourth-order valence-corrected chi connectivity index (χ4v) is 3.93. The molecule has 38 radical (unpaired) electrons. The predicted molar refractivity (Wildman–Crippen MR) is 172 cm³/mol. The minimum Gasteiger partial charge on any atom is -0.506 e. The van der Waals surface area contributed by atoms with Crippen molar-refractivity contribution in [3.63, 3.8) is 0 Å². The highest BCUT2D eigenvalue weighted by molar-refractivity contribution is 6.71. The zero-order valence-electron chi connectivity index (χ0n) is 20.9. The zero-order valence-corrected chi connectivity index (χ0v) is 21.6. The molecule has 0 amide bonds. The van der Waals surface area contributed by atoms with Gasteiger partial charge in [0.2, 0.25) is 0 Å². The lowest BCUT2D eigenvalue weighted by molar-refractivity contribution is 0.00241. The Labute approximate surface area is 262 Å². The van der Waals surface area contributed by atoms with Crippen LogP contribution in [0.25, 0.3) is 0 Å². The highest BCUT2D eigenvalue weighted by Crippen LogP contribution is 2.49. The molecule has 1 aliphatic rings. The monoisotopic (exact) mass is 488 g/mol. The first-order chi connectivity index (χ1) is 16.9. The minimum atomic E-state index is -2.61. The lowest BCUT2D eigenvalue weighted by atomic mass is 9.23. The summed E-state index contributed by atoms with van der Waals surface area (Å²) < 4.78 is 7.82. The Morgan fingerprint density at radius 3 is 1.31 bits per heavy atom. The van der Waals surface area contributed by atoms with Crippen molar-refractivity contribution in [2.75, 3.05) is 4.90 Å². The van der Waals surface area contributed by atoms with Crippen LogP contribution in [0.1, 0.15) is 0 Å². The Hall–Kier alpha value is 0.264. The van der Waals surface area contributed by atoms with Crippen molar-refractivity contribution in [1.82, 2.24) is 4.90 Å². The van der Waals surface area contributed by atoms with Gasteiger partial charge in [0.15, 0.2) is 0 Å². The molecule has 0 saturated carbocycles. The molecule has 0 bridgehead atoms. The Morgan fingerprint density at radius 1 is 0.590 bits per heavy atom. The van der Waals surface area contributed by atoms with Crippen LogP contribution < -0.4 is 9.64 Å². The molecule has 1 saturated heterocycles. The van der Waals surface area contributed by atoms with Crippen LogP contribution in [0.4, 0.5) is 5.69 Å². The van der Waals surface area contributed by atoms with Crippen LogP contribution in [-0.2, 0) is 4.74 Å². The molecule has 0 aliphatic carbocycles. The topological polar surface area (TPSA) is 24.9 Å². The van der Waals surface area contributed by atoms with Gasteiger partial charge >= 0.3 is 0 Å². The summed E-state index contributed by atoms with van der Waals surface area (Å²) in [6.07, 6.45) is 0. The average molecular weight is 485 g/mol. The number of hydrogen-bond donors (Lipinski definition) is 0. The second kappa shape index (κ2) is 10.2. The summed E-state index contributed by atoms with van der Waals surface area (Å²) in [4.78, 5) is 1.39. The standard InChI is InChI=1S/C15H4B19ClN2O2/c16-7(17,35)8(18,19)37-11(24,25)9(20,21)36(10(22,23)12(37,26)27)5-1-3-6(4-2-5)38-13(28,29)14(30,31)39-15(32,33)34/h1-4H. The van der Waals surface area contributed by atoms with E-state index in [1.54, 1.807) is 0 Å². The molecule has 0 aromatic heterocycles. The Kier molecular flexibility index (Phi) is 9.25. The number of piperazine rings is 1. The third kappa shape index (κ3) is 6.04. The van der Waals surface area contributed by atoms with Crippen LogP contribution in [0.5, 0.6) is 5.75 Å². The van der Waals surface area contributed by atoms with Gasteiger partial charge in [0, 0.05) is 16.5 Å². The van der Waals surface area contributed by atoms with Gasteiger partial charge in [0.05, 0.1) is 118 Å². The smallest absolute Gasteiger partial charge is 0.118 e. The molecule has 1 aromatic rings. The minimum absolute atomic E-state index is 0.0161. The SMILES string of the molecule is [B]C([B])([B])OC([B])([B])C([B])([B])Oc1ccc(N2C([B])([B])C([B])([B])N(C([B])([B])C([B])([B])Cl)C([B])([B])C2([B])[B])cc1. The highest BCUT2D eigenvalue weighted by Gasteiger charge is 2.63. The normalized spacial score (nSPS) is 21.6. The first-order valence-electron chi connectivity index (χ1n) is 10.7. The molecule has 0 atom stereocenters. The van der Waals surface area contributed by atoms with Crippen molar-refractivity contribution in [3.8, 4) is 5.75 Å². The van der Waals surface area contributed by atoms with Gasteiger partial charge in [0.25, 0.3) is 0 Å². The molecule has 4 nitrogen and oxygen atoms in total. The van der Waals surface area contributed by atoms with E-state index in [1.807, 2.05) is 0 Å². The van der Waals surface area contributed by atoms with Crippen molar-refractivity contribution >= 4 is 166 Å². The number of hydrogen-bond acceptors (Lipinski definition) is 4. The van der Waals surface area contributed by atoms with Crippen molar-refractivity contribution in [3.05, 3.63) is 24.3 Å². The van der Waals surface area contributed by atoms with Gasteiger partial charge in [-0.1, -0.05) is 5.34 Å². The molecule has 0 unspecified atom stereocenters. The first-order valence-corrected chi connectivity index (χ1v) is 11.0. The average Bonchev–Trinajstić information content (AvgIpc) is 2.64. The van der Waals surface area contributed by atoms with Crippen molar-refractivity contribution in [2.45, 2.75) is 47.5 Å². The Morgan fingerprint density at radius 2 is 0.974 bits per heavy atom. The van der Waals surface area contributed by atoms with E-state index in [0.717, 1.165) is 4.90 Å². The maximum Gasteiger partial charge on any atom is 0.118 e. The summed E-state index contributed by atoms with van der Waals surface area (Å²) in [5.41, 5.74) is 0.0161. The molecule has 1 aromatic carbocycles. The van der Waals surface area contributed by atoms with E-state index in [2.05, 4.69) is 0 Å². The summed E-state index contributed by atoms with van der Waals surface area (Å²) in [5.74, 6) is -0.0538. The fourth-order valence-electron chi connectivity index (χ4n) is 3.85. The van der Waals surface area contributed by atoms with Crippen molar-refractivity contribution < 1.29 is 9.47 Å². The molecule has 0 spiro atoms. The van der Waals surface area contributed by atoms with Crippen molar-refractivity contribution in [2.24, 2.45) is 0 Å². The molecule has 1 heterocycles. The van der Waals surface area contributed by atoms with Gasteiger partial charge in [0.1, 0.15) is 37.1 Å². The lowest BCUT2D eigenvalue weighted by Gasteiger charge is -2.80. The summed E-state index contributed by atoms with van der Waals surface area (Å²) in [6, 6.07) is 5.12. The van der Waals surface area contributed by atoms with Crippen molar-refractivity contribution in [1.29, 1.82) is 0 Å². The molecule has 150 valence electrons. The number of alkyl halides is 1. The fraction of sp³-hybridized carbons (Fsp3) is 0.600. The van der Waals surface area contributed by atoms with Crippen LogP contribution in [0, 0.1) is 0 Å². The van der Waals surface area contributed by atoms with E-state index in [4.69, 9.17) is 170 Å². The van der Waals surface area contributed by atoms with Gasteiger partial charge in [-0.2, -0.15) is 0 Å². The summed E-state index contributed by atoms with van der Waals surface area (Å²) in [7, 11) is 113. The van der Waals surface area contributed by atoms with E-state index in [1.165, 1.54) is 24.3 Å². The lowest BCUT2D eigenvalue weighted by Crippen LogP contribution is -2.96. The largest absolute Gasteiger partial charge is 0.506 e. The molecular weight excluding hydrogens is 481 g/mol. The van der Waals surface area contributed by atoms with Gasteiger partial charge in [-0.05, 0) is 55.6 Å². The number of nitrogens with zero attached hydrogens (tertiary/aromatic N) is 2. The number of rotatable bonds is 8. The third-order valence-corrected chi connectivity index (χ3v) is 6.39. The molecule has 2 rings (SSSR count). The van der Waals surface area contributed by atoms with Gasteiger partial charge < -0.3 is 19.3 Å². The molecule has 1 aliphatic heterocycles. The van der Waals surface area contributed by atoms with Crippen LogP contribution in [0.2, 0.25) is 0 Å². The molecular formula is C15H4B19ClN2O2. The van der Waals surface area contributed by atoms with E-state index in [9.17, 15) is 0 Å². The van der Waals surface area contributed by atoms with Gasteiger partial charge in [-0.3, -0.25) is 0 Å². The Bertz CT molecular complexity index is 1020. The summed E-state index contributed by atoms with van der Waals surface area (Å²) >= 11 is 5.97. The van der Waals surface area contributed by atoms with E-state index in [0.29, 0.717) is 4.90 Å². The van der Waals surface area contributed by atoms with Gasteiger partial charge in [-0.15, -0.1) is 11.6 Å². The second-order valence-corrected chi connectivity index (χ2v) is 10.3. The van der Waals surface area contributed by atoms with Crippen LogP contribution >= 0.6 is 11.6 Å². The summed E-state index contributed by atoms with van der Waals surface area (Å²) in [5, 5.41) is -20.0. The predicted octanol–water partition coefficient (Wildman–Crippen LogP) is -7.51. The molecule has 39 heavy (non-hydrogen) atoms. The Balaban J connectivity index is 2.57. The highest BCUT2D eigenvalue weighted by atomic mass is 35.5. The third-order valence-electron chi connectivity index (χ3n) is 6.08. The van der Waals surface area contributed by atoms with Crippen LogP contribution in [0.3, 0.4) is 0 Å².